The number of rotatable bonds is 3. The number of Topliss-reactive ketones (excluding diaryl/α,β-unsaturated/α-hetero) is 5. The number of aliphatic hydroxyl groups is 1. The molecule has 0 spiro atoms. The molecule has 0 saturated heterocycles. The Balaban J connectivity index is 1.90. The number of carbonyl (C=O) groups excluding carboxylic acids is 5. The maximum atomic E-state index is 13.8. The molecule has 0 fully saturated rings. The van der Waals surface area contributed by atoms with E-state index in [1.54, 1.807) is 52.0 Å². The number of allylic oxidation sites excluding steroid dienone is 4. The molecular formula is C29H32O7. The summed E-state index contributed by atoms with van der Waals surface area (Å²) in [4.78, 5) is 66.9. The summed E-state index contributed by atoms with van der Waals surface area (Å²) >= 11 is 0. The predicted octanol–water partition coefficient (Wildman–Crippen LogP) is 4.60. The van der Waals surface area contributed by atoms with E-state index in [0.717, 1.165) is 0 Å². The maximum Gasteiger partial charge on any atom is 0.182 e. The lowest BCUT2D eigenvalue weighted by atomic mass is 9.59. The van der Waals surface area contributed by atoms with E-state index < -0.39 is 62.0 Å². The number of ketones is 5. The van der Waals surface area contributed by atoms with Gasteiger partial charge in [-0.2, -0.15) is 0 Å². The van der Waals surface area contributed by atoms with Crippen molar-refractivity contribution >= 4 is 28.9 Å². The fraction of sp³-hybridized carbons (Fsp3) is 0.483. The Morgan fingerprint density at radius 1 is 0.806 bits per heavy atom. The normalized spacial score (nSPS) is 25.8. The number of para-hydroxylation sites is 1. The minimum Gasteiger partial charge on any atom is -0.510 e. The molecule has 0 aromatic heterocycles. The summed E-state index contributed by atoms with van der Waals surface area (Å²) in [6.07, 6.45) is -0.309. The van der Waals surface area contributed by atoms with Gasteiger partial charge >= 0.3 is 0 Å². The van der Waals surface area contributed by atoms with Crippen LogP contribution in [-0.2, 0) is 24.0 Å². The Kier molecular flexibility index (Phi) is 5.42. The first kappa shape index (κ1) is 25.7. The molecule has 1 aromatic rings. The lowest BCUT2D eigenvalue weighted by Crippen LogP contribution is -2.52. The first-order valence-electron chi connectivity index (χ1n) is 12.1. The van der Waals surface area contributed by atoms with E-state index in [9.17, 15) is 29.1 Å². The molecule has 0 radical (unpaired) electrons. The number of benzene rings is 1. The molecule has 2 aliphatic carbocycles. The van der Waals surface area contributed by atoms with Crippen molar-refractivity contribution < 1.29 is 33.8 Å². The molecule has 0 unspecified atom stereocenters. The molecular weight excluding hydrogens is 460 g/mol. The van der Waals surface area contributed by atoms with Crippen molar-refractivity contribution in [2.75, 3.05) is 0 Å². The van der Waals surface area contributed by atoms with Crippen molar-refractivity contribution in [1.29, 1.82) is 0 Å². The predicted molar refractivity (Wildman–Crippen MR) is 131 cm³/mol. The molecule has 1 aliphatic heterocycles. The van der Waals surface area contributed by atoms with Gasteiger partial charge in [-0.15, -0.1) is 0 Å². The Bertz CT molecular complexity index is 1330. The third-order valence-electron chi connectivity index (χ3n) is 8.04. The highest BCUT2D eigenvalue weighted by Crippen LogP contribution is 2.54. The SMILES string of the molecule is CC1(C)C(=O)C(C(=O)C[C@H]2C3=C(Oc4ccccc42)C(C)(C)C(=O)C(C)(C)C3=O)=C(O)C(C)(C)C1=O. The van der Waals surface area contributed by atoms with Crippen LogP contribution in [-0.4, -0.2) is 34.0 Å². The molecule has 0 amide bonds. The summed E-state index contributed by atoms with van der Waals surface area (Å²) in [7, 11) is 0. The van der Waals surface area contributed by atoms with Gasteiger partial charge in [0.1, 0.15) is 22.8 Å². The smallest absolute Gasteiger partial charge is 0.182 e. The topological polar surface area (TPSA) is 115 Å². The van der Waals surface area contributed by atoms with Gasteiger partial charge in [-0.3, -0.25) is 24.0 Å². The fourth-order valence-corrected chi connectivity index (χ4v) is 5.87. The minimum absolute atomic E-state index is 0.206. The van der Waals surface area contributed by atoms with Gasteiger partial charge in [0.25, 0.3) is 0 Å². The van der Waals surface area contributed by atoms with Crippen molar-refractivity contribution in [3.8, 4) is 5.75 Å². The quantitative estimate of drug-likeness (QED) is 0.484. The molecule has 7 heteroatoms. The van der Waals surface area contributed by atoms with Crippen LogP contribution in [0, 0.1) is 21.7 Å². The van der Waals surface area contributed by atoms with Gasteiger partial charge in [-0.05, 0) is 61.5 Å². The van der Waals surface area contributed by atoms with Crippen LogP contribution in [0.1, 0.15) is 73.3 Å². The zero-order valence-corrected chi connectivity index (χ0v) is 22.0. The first-order valence-corrected chi connectivity index (χ1v) is 12.1. The zero-order chi connectivity index (χ0) is 27.2. The second-order valence-corrected chi connectivity index (χ2v) is 12.1. The van der Waals surface area contributed by atoms with Crippen LogP contribution in [0.5, 0.6) is 5.75 Å². The molecule has 0 bridgehead atoms. The highest BCUT2D eigenvalue weighted by atomic mass is 16.5. The van der Waals surface area contributed by atoms with E-state index in [4.69, 9.17) is 4.74 Å². The second-order valence-electron chi connectivity index (χ2n) is 12.1. The van der Waals surface area contributed by atoms with Crippen molar-refractivity contribution in [2.24, 2.45) is 21.7 Å². The van der Waals surface area contributed by atoms with Gasteiger partial charge in [0.2, 0.25) is 0 Å². The molecule has 1 heterocycles. The maximum absolute atomic E-state index is 13.8. The van der Waals surface area contributed by atoms with Crippen LogP contribution in [0.4, 0.5) is 0 Å². The highest BCUT2D eigenvalue weighted by Gasteiger charge is 2.58. The molecule has 1 N–H and O–H groups in total. The number of hydrogen-bond donors (Lipinski definition) is 1. The summed E-state index contributed by atoms with van der Waals surface area (Å²) in [6, 6.07) is 6.96. The lowest BCUT2D eigenvalue weighted by Gasteiger charge is -2.44. The van der Waals surface area contributed by atoms with E-state index in [1.807, 2.05) is 0 Å². The van der Waals surface area contributed by atoms with Crippen molar-refractivity contribution in [3.05, 3.63) is 52.5 Å². The van der Waals surface area contributed by atoms with Crippen LogP contribution in [0.25, 0.3) is 0 Å². The second kappa shape index (κ2) is 7.58. The molecule has 3 aliphatic rings. The van der Waals surface area contributed by atoms with Gasteiger partial charge in [0.15, 0.2) is 28.9 Å². The summed E-state index contributed by atoms with van der Waals surface area (Å²) in [5, 5.41) is 10.9. The largest absolute Gasteiger partial charge is 0.510 e. The van der Waals surface area contributed by atoms with Gasteiger partial charge in [-0.1, -0.05) is 18.2 Å². The van der Waals surface area contributed by atoms with Crippen molar-refractivity contribution in [1.82, 2.24) is 0 Å². The molecule has 7 nitrogen and oxygen atoms in total. The minimum atomic E-state index is -1.49. The van der Waals surface area contributed by atoms with Crippen LogP contribution in [0.3, 0.4) is 0 Å². The van der Waals surface area contributed by atoms with Crippen LogP contribution < -0.4 is 4.74 Å². The number of ether oxygens (including phenoxy) is 1. The summed E-state index contributed by atoms with van der Waals surface area (Å²) in [5.74, 6) is -3.32. The first-order chi connectivity index (χ1) is 16.4. The lowest BCUT2D eigenvalue weighted by molar-refractivity contribution is -0.146. The molecule has 1 atom stereocenters. The van der Waals surface area contributed by atoms with E-state index >= 15 is 0 Å². The van der Waals surface area contributed by atoms with E-state index in [0.29, 0.717) is 11.3 Å². The zero-order valence-electron chi connectivity index (χ0n) is 22.0. The summed E-state index contributed by atoms with van der Waals surface area (Å²) in [6.45, 7) is 12.4. The number of aliphatic hydroxyl groups excluding tert-OH is 1. The van der Waals surface area contributed by atoms with Crippen molar-refractivity contribution in [3.63, 3.8) is 0 Å². The third kappa shape index (κ3) is 3.21. The summed E-state index contributed by atoms with van der Waals surface area (Å²) in [5.41, 5.74) is -4.97. The van der Waals surface area contributed by atoms with Crippen molar-refractivity contribution in [2.45, 2.75) is 67.7 Å². The number of hydrogen-bond acceptors (Lipinski definition) is 7. The van der Waals surface area contributed by atoms with Gasteiger partial charge in [0, 0.05) is 23.5 Å². The summed E-state index contributed by atoms with van der Waals surface area (Å²) < 4.78 is 6.12. The van der Waals surface area contributed by atoms with E-state index in [2.05, 4.69) is 0 Å². The molecule has 1 aromatic carbocycles. The van der Waals surface area contributed by atoms with Crippen LogP contribution in [0.15, 0.2) is 46.9 Å². The third-order valence-corrected chi connectivity index (χ3v) is 8.04. The highest BCUT2D eigenvalue weighted by molar-refractivity contribution is 6.31. The number of fused-ring (bicyclic) bond motifs is 1. The van der Waals surface area contributed by atoms with Gasteiger partial charge in [0.05, 0.1) is 21.7 Å². The number of carbonyl (C=O) groups is 5. The average molecular weight is 493 g/mol. The van der Waals surface area contributed by atoms with Crippen LogP contribution >= 0.6 is 0 Å². The Hall–Kier alpha value is -3.35. The van der Waals surface area contributed by atoms with E-state index in [1.165, 1.54) is 27.7 Å². The molecule has 190 valence electrons. The molecule has 4 rings (SSSR count). The van der Waals surface area contributed by atoms with Crippen LogP contribution in [0.2, 0.25) is 0 Å². The average Bonchev–Trinajstić information content (AvgIpc) is 2.80. The molecule has 0 saturated carbocycles. The Labute approximate surface area is 210 Å². The monoisotopic (exact) mass is 492 g/mol. The fourth-order valence-electron chi connectivity index (χ4n) is 5.87. The molecule has 36 heavy (non-hydrogen) atoms. The standard InChI is InChI=1S/C29H32O7/c1-26(2)20(31)18-15(14-11-9-10-12-17(14)36-23(18)29(7,8)25(26)35)13-16(30)19-21(32)27(3,4)24(34)28(5,6)22(19)33/h9-12,15,32H,13H2,1-8H3/t15-/m1/s1. The Morgan fingerprint density at radius 3 is 1.94 bits per heavy atom. The van der Waals surface area contributed by atoms with Gasteiger partial charge in [-0.25, -0.2) is 0 Å². The Morgan fingerprint density at radius 2 is 1.33 bits per heavy atom. The van der Waals surface area contributed by atoms with Gasteiger partial charge < -0.3 is 9.84 Å². The van der Waals surface area contributed by atoms with E-state index in [-0.39, 0.29) is 23.5 Å².